The summed E-state index contributed by atoms with van der Waals surface area (Å²) < 4.78 is 3.83. The smallest absolute Gasteiger partial charge is 0.286 e. The molecule has 2 atom stereocenters. The Morgan fingerprint density at radius 3 is 2.90 bits per heavy atom. The number of carboxylic acid groups (broad SMARTS) is 1. The summed E-state index contributed by atoms with van der Waals surface area (Å²) in [5, 5.41) is 20.2. The zero-order valence-corrected chi connectivity index (χ0v) is 23.5. The molecule has 0 radical (unpaired) electrons. The zero-order valence-electron chi connectivity index (χ0n) is 21.8. The number of nitrogen functional groups attached to an aromatic ring is 1. The molecular weight excluding hydrogens is 554 g/mol. The fourth-order valence-corrected chi connectivity index (χ4v) is 6.57. The Morgan fingerprint density at radius 2 is 2.15 bits per heavy atom. The van der Waals surface area contributed by atoms with Gasteiger partial charge in [-0.1, -0.05) is 31.0 Å². The van der Waals surface area contributed by atoms with Crippen molar-refractivity contribution in [3.05, 3.63) is 59.1 Å². The number of hydrogen-bond donors (Lipinski definition) is 2. The zero-order chi connectivity index (χ0) is 28.2. The molecule has 3 N–H and O–H groups in total. The van der Waals surface area contributed by atoms with Crippen LogP contribution in [0.3, 0.4) is 0 Å². The van der Waals surface area contributed by atoms with Crippen molar-refractivity contribution in [2.75, 3.05) is 18.1 Å². The number of hydrogen-bond acceptors (Lipinski definition) is 10. The second-order valence-electron chi connectivity index (χ2n) is 9.40. The molecule has 1 fully saturated rings. The molecule has 40 heavy (non-hydrogen) atoms. The molecule has 0 spiro atoms. The van der Waals surface area contributed by atoms with Crippen LogP contribution in [0.15, 0.2) is 58.6 Å². The number of carboxylic acids is 1. The van der Waals surface area contributed by atoms with Gasteiger partial charge in [-0.3, -0.25) is 14.5 Å². The number of carbonyl (C=O) groups is 3. The number of pyridine rings is 1. The first-order chi connectivity index (χ1) is 19.4. The van der Waals surface area contributed by atoms with Crippen molar-refractivity contribution in [3.8, 4) is 0 Å². The lowest BCUT2D eigenvalue weighted by Gasteiger charge is -2.50. The van der Waals surface area contributed by atoms with Crippen LogP contribution < -0.4 is 20.7 Å². The minimum atomic E-state index is -1.43. The number of unbranched alkanes of at least 4 members (excludes halogenated alkanes) is 3. The van der Waals surface area contributed by atoms with Crippen molar-refractivity contribution in [3.63, 3.8) is 0 Å². The van der Waals surface area contributed by atoms with Gasteiger partial charge in [0.1, 0.15) is 42.7 Å². The van der Waals surface area contributed by atoms with Crippen LogP contribution >= 0.6 is 23.1 Å². The van der Waals surface area contributed by atoms with E-state index < -0.39 is 29.2 Å². The number of rotatable bonds is 12. The summed E-state index contributed by atoms with van der Waals surface area (Å²) in [4.78, 5) is 49.4. The molecule has 2 aliphatic heterocycles. The molecule has 0 aromatic carbocycles. The first-order valence-electron chi connectivity index (χ1n) is 12.9. The van der Waals surface area contributed by atoms with Gasteiger partial charge in [0.2, 0.25) is 0 Å². The number of oxime groups is 1. The predicted octanol–water partition coefficient (Wildman–Crippen LogP) is 0.671. The molecule has 2 amide bonds. The number of fused-ring (bicyclic) bond motifs is 2. The van der Waals surface area contributed by atoms with Crippen molar-refractivity contribution >= 4 is 57.4 Å². The molecule has 0 aliphatic carbocycles. The minimum absolute atomic E-state index is 0.0937. The third-order valence-corrected chi connectivity index (χ3v) is 8.70. The molecule has 1 saturated heterocycles. The highest BCUT2D eigenvalue weighted by Gasteiger charge is 2.53. The number of aromatic nitrogens is 3. The highest BCUT2D eigenvalue weighted by atomic mass is 32.2. The number of nitrogens with zero attached hydrogens (tertiary/aromatic N) is 5. The lowest BCUT2D eigenvalue weighted by atomic mass is 10.0. The molecule has 3 aromatic heterocycles. The van der Waals surface area contributed by atoms with Gasteiger partial charge in [0.05, 0.1) is 17.9 Å². The van der Waals surface area contributed by atoms with Crippen molar-refractivity contribution in [1.29, 1.82) is 0 Å². The second-order valence-corrected chi connectivity index (χ2v) is 11.4. The lowest BCUT2D eigenvalue weighted by molar-refractivity contribution is -0.662. The molecule has 0 unspecified atom stereocenters. The van der Waals surface area contributed by atoms with Crippen LogP contribution in [0.25, 0.3) is 5.65 Å². The number of nitrogens with one attached hydrogen (secondary N) is 1. The molecule has 14 heteroatoms. The van der Waals surface area contributed by atoms with E-state index in [1.54, 1.807) is 5.38 Å². The Kier molecular flexibility index (Phi) is 8.35. The Morgan fingerprint density at radius 1 is 1.30 bits per heavy atom. The monoisotopic (exact) mass is 583 g/mol. The maximum absolute atomic E-state index is 13.2. The molecule has 0 bridgehead atoms. The van der Waals surface area contributed by atoms with Crippen LogP contribution in [0, 0.1) is 0 Å². The third-order valence-electron chi connectivity index (χ3n) is 6.68. The van der Waals surface area contributed by atoms with E-state index in [0.29, 0.717) is 17.9 Å². The largest absolute Gasteiger partial charge is 0.543 e. The SMILES string of the molecule is CCCCCCO/N=C(\C(=O)N[C@@H]1C(=O)N2C(C(=O)[O-])=C(C[n+]3ccn4ccccc43)CS[C@@H]12)c1csc(N)n1. The van der Waals surface area contributed by atoms with E-state index in [2.05, 4.69) is 22.4 Å². The number of thioether (sulfide) groups is 1. The fourth-order valence-electron chi connectivity index (χ4n) is 4.69. The summed E-state index contributed by atoms with van der Waals surface area (Å²) >= 11 is 2.53. The summed E-state index contributed by atoms with van der Waals surface area (Å²) in [7, 11) is 0. The molecule has 0 saturated carbocycles. The van der Waals surface area contributed by atoms with Crippen molar-refractivity contribution < 1.29 is 28.9 Å². The van der Waals surface area contributed by atoms with Gasteiger partial charge in [-0.2, -0.15) is 0 Å². The maximum Gasteiger partial charge on any atom is 0.286 e. The molecule has 2 aliphatic rings. The average Bonchev–Trinajstić information content (AvgIpc) is 3.56. The summed E-state index contributed by atoms with van der Waals surface area (Å²) in [5.74, 6) is -2.27. The fraction of sp³-hybridized carbons (Fsp3) is 0.385. The second kappa shape index (κ2) is 12.1. The summed E-state index contributed by atoms with van der Waals surface area (Å²) in [5.41, 5.74) is 7.18. The molecule has 210 valence electrons. The number of aliphatic carboxylic acids is 1. The van der Waals surface area contributed by atoms with Gasteiger partial charge in [0.15, 0.2) is 10.8 Å². The number of nitrogens with two attached hydrogens (primary N) is 1. The van der Waals surface area contributed by atoms with Crippen molar-refractivity contribution in [1.82, 2.24) is 19.6 Å². The summed E-state index contributed by atoms with van der Waals surface area (Å²) in [6.45, 7) is 2.72. The van der Waals surface area contributed by atoms with Crippen molar-refractivity contribution in [2.24, 2.45) is 5.16 Å². The number of anilines is 1. The normalized spacial score (nSPS) is 19.0. The van der Waals surface area contributed by atoms with Crippen LogP contribution in [0.5, 0.6) is 0 Å². The molecule has 12 nitrogen and oxygen atoms in total. The Hall–Kier alpha value is -3.91. The van der Waals surface area contributed by atoms with Gasteiger partial charge in [-0.05, 0) is 18.9 Å². The lowest BCUT2D eigenvalue weighted by Crippen LogP contribution is -2.71. The third kappa shape index (κ3) is 5.54. The van der Waals surface area contributed by atoms with E-state index in [4.69, 9.17) is 10.6 Å². The standard InChI is InChI=1S/C26H29N7O5S2/c1-2-3-4-7-12-38-30-19(17-15-40-26(27)28-17)22(34)29-20-23(35)33-21(25(36)37)16(14-39-24(20)33)13-32-11-10-31-9-6-5-8-18(31)32/h5-6,8-11,15,20,24H,2-4,7,12-14H2,1H3,(H3-,27,28,29,34,36,37)/b30-19-/t20-,24+/m1/s1. The van der Waals surface area contributed by atoms with Crippen LogP contribution in [-0.2, 0) is 25.8 Å². The Bertz CT molecular complexity index is 1500. The number of imidazole rings is 1. The maximum atomic E-state index is 13.2. The van der Waals surface area contributed by atoms with Crippen LogP contribution in [0.2, 0.25) is 0 Å². The van der Waals surface area contributed by atoms with Gasteiger partial charge >= 0.3 is 0 Å². The molecule has 5 heterocycles. The highest BCUT2D eigenvalue weighted by Crippen LogP contribution is 2.40. The number of β-lactam (4-membered cyclic amide) rings is 1. The number of amides is 2. The molecular formula is C26H29N7O5S2. The Labute approximate surface area is 238 Å². The van der Waals surface area contributed by atoms with Crippen LogP contribution in [0.1, 0.15) is 38.3 Å². The van der Waals surface area contributed by atoms with Crippen molar-refractivity contribution in [2.45, 2.75) is 50.6 Å². The minimum Gasteiger partial charge on any atom is -0.543 e. The van der Waals surface area contributed by atoms with E-state index in [1.165, 1.54) is 16.7 Å². The van der Waals surface area contributed by atoms with Gasteiger partial charge in [-0.25, -0.2) is 14.0 Å². The van der Waals surface area contributed by atoms with Gasteiger partial charge in [0, 0.05) is 22.8 Å². The topological polar surface area (TPSA) is 158 Å². The van der Waals surface area contributed by atoms with E-state index in [-0.39, 0.29) is 28.8 Å². The van der Waals surface area contributed by atoms with Crippen LogP contribution in [0.4, 0.5) is 5.13 Å². The molecule has 3 aromatic rings. The first kappa shape index (κ1) is 27.6. The van der Waals surface area contributed by atoms with E-state index >= 15 is 0 Å². The summed E-state index contributed by atoms with van der Waals surface area (Å²) in [6, 6.07) is 4.77. The quantitative estimate of drug-likeness (QED) is 0.104. The van der Waals surface area contributed by atoms with E-state index in [9.17, 15) is 19.5 Å². The number of carbonyl (C=O) groups excluding carboxylic acids is 3. The van der Waals surface area contributed by atoms with E-state index in [1.807, 2.05) is 45.8 Å². The van der Waals surface area contributed by atoms with Gasteiger partial charge < -0.3 is 25.8 Å². The average molecular weight is 584 g/mol. The highest BCUT2D eigenvalue weighted by molar-refractivity contribution is 8.00. The van der Waals surface area contributed by atoms with E-state index in [0.717, 1.165) is 42.7 Å². The predicted molar refractivity (Wildman–Crippen MR) is 148 cm³/mol. The van der Waals surface area contributed by atoms with Gasteiger partial charge in [-0.15, -0.1) is 23.1 Å². The number of thiazole rings is 1. The van der Waals surface area contributed by atoms with Crippen LogP contribution in [-0.4, -0.2) is 61.6 Å². The Balaban J connectivity index is 1.31. The summed E-state index contributed by atoms with van der Waals surface area (Å²) in [6.07, 6.45) is 9.55. The molecule has 5 rings (SSSR count). The first-order valence-corrected chi connectivity index (χ1v) is 14.9. The van der Waals surface area contributed by atoms with Gasteiger partial charge in [0.25, 0.3) is 17.5 Å².